The van der Waals surface area contributed by atoms with E-state index in [-0.39, 0.29) is 0 Å². The standard InChI is InChI=1S/C17H23Si/c1-4-9-15-12-13-17(14-15)18(3,5-2)16-10-7-6-8-11-16/h6-8,10-14H,4-5,9H2,1-3H3. The lowest BCUT2D eigenvalue weighted by molar-refractivity contribution is 0.928. The van der Waals surface area contributed by atoms with Crippen molar-refractivity contribution < 1.29 is 0 Å². The van der Waals surface area contributed by atoms with Gasteiger partial charge in [-0.15, -0.1) is 0 Å². The van der Waals surface area contributed by atoms with E-state index in [9.17, 15) is 0 Å². The van der Waals surface area contributed by atoms with Gasteiger partial charge >= 0.3 is 0 Å². The molecule has 1 aromatic rings. The van der Waals surface area contributed by atoms with Gasteiger partial charge in [0.1, 0.15) is 0 Å². The van der Waals surface area contributed by atoms with Crippen molar-refractivity contribution in [1.82, 2.24) is 0 Å². The van der Waals surface area contributed by atoms with Crippen molar-refractivity contribution in [2.24, 2.45) is 0 Å². The molecule has 1 unspecified atom stereocenters. The van der Waals surface area contributed by atoms with Gasteiger partial charge in [-0.05, 0) is 6.42 Å². The van der Waals surface area contributed by atoms with Gasteiger partial charge in [0.05, 0.1) is 8.07 Å². The molecule has 0 aromatic heterocycles. The van der Waals surface area contributed by atoms with Gasteiger partial charge in [-0.25, -0.2) is 0 Å². The van der Waals surface area contributed by atoms with Gasteiger partial charge in [0.25, 0.3) is 0 Å². The third kappa shape index (κ3) is 2.51. The number of allylic oxidation sites excluding steroid dienone is 4. The quantitative estimate of drug-likeness (QED) is 0.684. The molecule has 18 heavy (non-hydrogen) atoms. The second kappa shape index (κ2) is 5.70. The van der Waals surface area contributed by atoms with E-state index in [4.69, 9.17) is 0 Å². The van der Waals surface area contributed by atoms with Crippen molar-refractivity contribution in [1.29, 1.82) is 0 Å². The average Bonchev–Trinajstić information content (AvgIpc) is 2.88. The number of rotatable bonds is 5. The van der Waals surface area contributed by atoms with Gasteiger partial charge in [0.15, 0.2) is 0 Å². The Hall–Kier alpha value is -1.08. The maximum Gasteiger partial charge on any atom is 0.0985 e. The lowest BCUT2D eigenvalue weighted by Gasteiger charge is -2.30. The summed E-state index contributed by atoms with van der Waals surface area (Å²) in [6.07, 6.45) is 9.59. The molecule has 0 nitrogen and oxygen atoms in total. The molecule has 1 aliphatic carbocycles. The molecular formula is C17H23Si. The fourth-order valence-corrected chi connectivity index (χ4v) is 5.69. The first-order chi connectivity index (χ1) is 8.70. The Bertz CT molecular complexity index is 444. The van der Waals surface area contributed by atoms with Crippen molar-refractivity contribution in [3.8, 4) is 0 Å². The van der Waals surface area contributed by atoms with Gasteiger partial charge < -0.3 is 0 Å². The maximum absolute atomic E-state index is 2.49. The number of hydrogen-bond acceptors (Lipinski definition) is 0. The minimum absolute atomic E-state index is 1.21. The molecule has 1 radical (unpaired) electrons. The topological polar surface area (TPSA) is 0 Å². The molecule has 0 saturated heterocycles. The first kappa shape index (κ1) is 13.4. The van der Waals surface area contributed by atoms with Crippen molar-refractivity contribution in [3.05, 3.63) is 59.7 Å². The summed E-state index contributed by atoms with van der Waals surface area (Å²) in [6.45, 7) is 7.08. The molecule has 0 amide bonds. The highest BCUT2D eigenvalue weighted by atomic mass is 28.3. The molecule has 1 heteroatoms. The smallest absolute Gasteiger partial charge is 0.0757 e. The Morgan fingerprint density at radius 3 is 2.33 bits per heavy atom. The minimum Gasteiger partial charge on any atom is -0.0757 e. The van der Waals surface area contributed by atoms with Crippen LogP contribution in [0.5, 0.6) is 0 Å². The Morgan fingerprint density at radius 2 is 1.72 bits per heavy atom. The summed E-state index contributed by atoms with van der Waals surface area (Å²) >= 11 is 0. The van der Waals surface area contributed by atoms with E-state index in [0.29, 0.717) is 0 Å². The predicted molar refractivity (Wildman–Crippen MR) is 83.5 cm³/mol. The van der Waals surface area contributed by atoms with Crippen LogP contribution in [0, 0.1) is 5.54 Å². The van der Waals surface area contributed by atoms with Crippen LogP contribution in [0.3, 0.4) is 0 Å². The Balaban J connectivity index is 2.27. The molecule has 0 spiro atoms. The Morgan fingerprint density at radius 1 is 1.00 bits per heavy atom. The summed E-state index contributed by atoms with van der Waals surface area (Å²) in [7, 11) is -1.48. The summed E-state index contributed by atoms with van der Waals surface area (Å²) < 4.78 is 0. The third-order valence-electron chi connectivity index (χ3n) is 4.11. The first-order valence-electron chi connectivity index (χ1n) is 7.02. The molecule has 0 saturated carbocycles. The summed E-state index contributed by atoms with van der Waals surface area (Å²) in [4.78, 5) is 0. The van der Waals surface area contributed by atoms with Crippen molar-refractivity contribution in [3.63, 3.8) is 0 Å². The summed E-state index contributed by atoms with van der Waals surface area (Å²) in [5, 5.41) is 1.56. The van der Waals surface area contributed by atoms with Crippen LogP contribution in [-0.4, -0.2) is 8.07 Å². The zero-order valence-corrected chi connectivity index (χ0v) is 12.7. The Kier molecular flexibility index (Phi) is 4.23. The van der Waals surface area contributed by atoms with E-state index in [1.54, 1.807) is 10.7 Å². The van der Waals surface area contributed by atoms with E-state index in [0.717, 1.165) is 0 Å². The highest BCUT2D eigenvalue weighted by Crippen LogP contribution is 2.31. The minimum atomic E-state index is -1.48. The SMILES string of the molecule is CCCC1=C[C]([Si](C)(CC)c2ccccc2)C=C1. The van der Waals surface area contributed by atoms with E-state index in [2.05, 4.69) is 69.0 Å². The van der Waals surface area contributed by atoms with Crippen LogP contribution in [0.25, 0.3) is 0 Å². The van der Waals surface area contributed by atoms with E-state index >= 15 is 0 Å². The summed E-state index contributed by atoms with van der Waals surface area (Å²) in [5.74, 6) is 0. The van der Waals surface area contributed by atoms with Gasteiger partial charge in [-0.3, -0.25) is 0 Å². The average molecular weight is 255 g/mol. The molecule has 0 fully saturated rings. The second-order valence-electron chi connectivity index (χ2n) is 5.31. The van der Waals surface area contributed by atoms with Crippen molar-refractivity contribution in [2.45, 2.75) is 39.3 Å². The molecular weight excluding hydrogens is 232 g/mol. The Labute approximate surface area is 112 Å². The predicted octanol–water partition coefficient (Wildman–Crippen LogP) is 4.40. The fourth-order valence-electron chi connectivity index (χ4n) is 2.66. The van der Waals surface area contributed by atoms with Crippen molar-refractivity contribution in [2.75, 3.05) is 0 Å². The maximum atomic E-state index is 2.49. The normalized spacial score (nSPS) is 18.7. The monoisotopic (exact) mass is 255 g/mol. The van der Waals surface area contributed by atoms with E-state index < -0.39 is 8.07 Å². The van der Waals surface area contributed by atoms with Gasteiger partial charge in [0, 0.05) is 5.54 Å². The van der Waals surface area contributed by atoms with Gasteiger partial charge in [-0.2, -0.15) is 0 Å². The zero-order chi connectivity index (χ0) is 13.0. The molecule has 2 rings (SSSR count). The lowest BCUT2D eigenvalue weighted by atomic mass is 10.2. The molecule has 1 aromatic carbocycles. The van der Waals surface area contributed by atoms with Crippen LogP contribution in [0.15, 0.2) is 54.1 Å². The fraction of sp³-hybridized carbons (Fsp3) is 0.353. The number of hydrogen-bond donors (Lipinski definition) is 0. The molecule has 0 aliphatic heterocycles. The number of benzene rings is 1. The first-order valence-corrected chi connectivity index (χ1v) is 9.73. The molecule has 0 N–H and O–H groups in total. The van der Waals surface area contributed by atoms with Crippen LogP contribution >= 0.6 is 0 Å². The van der Waals surface area contributed by atoms with Gasteiger partial charge in [0.2, 0.25) is 0 Å². The largest absolute Gasteiger partial charge is 0.0985 e. The van der Waals surface area contributed by atoms with Crippen molar-refractivity contribution >= 4 is 13.3 Å². The van der Waals surface area contributed by atoms with Crippen LogP contribution in [0.4, 0.5) is 0 Å². The highest BCUT2D eigenvalue weighted by Gasteiger charge is 2.35. The van der Waals surface area contributed by atoms with Crippen LogP contribution in [-0.2, 0) is 0 Å². The van der Waals surface area contributed by atoms with Crippen LogP contribution in [0.1, 0.15) is 26.7 Å². The van der Waals surface area contributed by atoms with Crippen LogP contribution < -0.4 is 5.19 Å². The zero-order valence-electron chi connectivity index (χ0n) is 11.7. The van der Waals surface area contributed by atoms with E-state index in [1.807, 2.05) is 0 Å². The second-order valence-corrected chi connectivity index (χ2v) is 9.84. The summed E-state index contributed by atoms with van der Waals surface area (Å²) in [6, 6.07) is 12.3. The van der Waals surface area contributed by atoms with E-state index in [1.165, 1.54) is 24.5 Å². The van der Waals surface area contributed by atoms with Gasteiger partial charge in [-0.1, -0.05) is 92.2 Å². The summed E-state index contributed by atoms with van der Waals surface area (Å²) in [5.41, 5.74) is 3.11. The third-order valence-corrected chi connectivity index (χ3v) is 8.72. The molecule has 1 atom stereocenters. The molecule has 0 heterocycles. The molecule has 1 aliphatic rings. The lowest BCUT2D eigenvalue weighted by Crippen LogP contribution is -2.48. The highest BCUT2D eigenvalue weighted by molar-refractivity contribution is 6.96. The molecule has 0 bridgehead atoms. The molecule has 95 valence electrons. The van der Waals surface area contributed by atoms with Crippen LogP contribution in [0.2, 0.25) is 12.6 Å².